The van der Waals surface area contributed by atoms with Gasteiger partial charge in [0, 0.05) is 72.1 Å². The van der Waals surface area contributed by atoms with E-state index in [4.69, 9.17) is 13.3 Å². The van der Waals surface area contributed by atoms with Gasteiger partial charge in [-0.25, -0.2) is 0 Å². The van der Waals surface area contributed by atoms with Gasteiger partial charge in [0.05, 0.1) is 16.4 Å². The number of para-hydroxylation sites is 2. The summed E-state index contributed by atoms with van der Waals surface area (Å²) in [7, 11) is 0. The molecule has 3 aliphatic rings. The monoisotopic (exact) mass is 956 g/mol. The molecule has 74 heavy (non-hydrogen) atoms. The maximum atomic E-state index is 7.39. The SMILES string of the molecule is CC(C)(C)c1ccc(N2B3c4cc5oc(-c6ccccc6)c(-c6ccccc6)c5cc4-n4c5cc6c(cc5c5c7oc8ccccc8c7c(c3c54)-c3cc4c(cc32)oc2ccccc24)C(C)(C)CCC6(C)C)cc1. The summed E-state index contributed by atoms with van der Waals surface area (Å²) >= 11 is 0. The molecule has 0 N–H and O–H groups in total. The van der Waals surface area contributed by atoms with Crippen molar-refractivity contribution in [3.8, 4) is 39.3 Å². The van der Waals surface area contributed by atoms with Gasteiger partial charge in [-0.15, -0.1) is 0 Å². The van der Waals surface area contributed by atoms with Crippen molar-refractivity contribution in [2.75, 3.05) is 4.81 Å². The third-order valence-corrected chi connectivity index (χ3v) is 17.6. The van der Waals surface area contributed by atoms with Gasteiger partial charge in [0.15, 0.2) is 0 Å². The lowest BCUT2D eigenvalue weighted by atomic mass is 9.43. The van der Waals surface area contributed by atoms with Crippen LogP contribution >= 0.6 is 0 Å². The van der Waals surface area contributed by atoms with E-state index in [2.05, 4.69) is 228 Å². The summed E-state index contributed by atoms with van der Waals surface area (Å²) in [6, 6.07) is 62.6. The van der Waals surface area contributed by atoms with Gasteiger partial charge in [0.1, 0.15) is 33.7 Å². The molecule has 4 aromatic heterocycles. The molecule has 9 aromatic carbocycles. The predicted octanol–water partition coefficient (Wildman–Crippen LogP) is 17.5. The second-order valence-corrected chi connectivity index (χ2v) is 23.8. The van der Waals surface area contributed by atoms with Gasteiger partial charge in [-0.1, -0.05) is 158 Å². The van der Waals surface area contributed by atoms with Gasteiger partial charge in [-0.05, 0) is 122 Å². The first-order valence-corrected chi connectivity index (χ1v) is 26.4. The van der Waals surface area contributed by atoms with E-state index in [0.717, 1.165) is 113 Å². The van der Waals surface area contributed by atoms with E-state index in [-0.39, 0.29) is 23.1 Å². The lowest BCUT2D eigenvalue weighted by Gasteiger charge is -2.42. The normalized spacial score (nSPS) is 15.6. The summed E-state index contributed by atoms with van der Waals surface area (Å²) < 4.78 is 24.2. The first-order valence-electron chi connectivity index (χ1n) is 26.4. The van der Waals surface area contributed by atoms with Gasteiger partial charge in [-0.3, -0.25) is 0 Å². The molecule has 13 aromatic rings. The maximum absolute atomic E-state index is 7.39. The van der Waals surface area contributed by atoms with Crippen LogP contribution in [0.25, 0.3) is 116 Å². The Labute approximate surface area is 429 Å². The van der Waals surface area contributed by atoms with Gasteiger partial charge >= 0.3 is 6.85 Å². The van der Waals surface area contributed by atoms with Crippen LogP contribution in [0.2, 0.25) is 0 Å². The average Bonchev–Trinajstić information content (AvgIpc) is 4.17. The zero-order valence-corrected chi connectivity index (χ0v) is 42.8. The van der Waals surface area contributed by atoms with Crippen molar-refractivity contribution in [2.24, 2.45) is 0 Å². The molecule has 0 fully saturated rings. The van der Waals surface area contributed by atoms with Gasteiger partial charge in [0.2, 0.25) is 0 Å². The zero-order valence-electron chi connectivity index (χ0n) is 42.8. The molecule has 0 saturated carbocycles. The largest absolute Gasteiger partial charge is 0.456 e. The van der Waals surface area contributed by atoms with Crippen LogP contribution in [0, 0.1) is 0 Å². The summed E-state index contributed by atoms with van der Waals surface area (Å²) in [5.74, 6) is 0.868. The van der Waals surface area contributed by atoms with E-state index in [1.807, 2.05) is 0 Å². The first-order chi connectivity index (χ1) is 35.8. The highest BCUT2D eigenvalue weighted by atomic mass is 16.3. The van der Waals surface area contributed by atoms with E-state index in [1.54, 1.807) is 0 Å². The summed E-state index contributed by atoms with van der Waals surface area (Å²) in [5, 5.41) is 7.96. The Kier molecular flexibility index (Phi) is 8.17. The molecule has 0 bridgehead atoms. The predicted molar refractivity (Wildman–Crippen MR) is 309 cm³/mol. The van der Waals surface area contributed by atoms with Crippen LogP contribution in [-0.4, -0.2) is 11.4 Å². The lowest BCUT2D eigenvalue weighted by molar-refractivity contribution is 0.332. The molecule has 0 unspecified atom stereocenters. The van der Waals surface area contributed by atoms with Crippen LogP contribution in [0.1, 0.15) is 78.0 Å². The third-order valence-electron chi connectivity index (χ3n) is 17.6. The quantitative estimate of drug-likeness (QED) is 0.166. The molecule has 0 amide bonds. The molecule has 16 rings (SSSR count). The lowest BCUT2D eigenvalue weighted by Crippen LogP contribution is -2.60. The fraction of sp³-hybridized carbons (Fsp3) is 0.176. The number of benzene rings is 9. The first kappa shape index (κ1) is 42.3. The summed E-state index contributed by atoms with van der Waals surface area (Å²) in [4.78, 5) is 2.62. The number of aromatic nitrogens is 1. The van der Waals surface area contributed by atoms with Crippen molar-refractivity contribution >= 4 is 106 Å². The van der Waals surface area contributed by atoms with Crippen molar-refractivity contribution in [3.63, 3.8) is 0 Å². The van der Waals surface area contributed by atoms with Gasteiger partial charge < -0.3 is 22.6 Å². The van der Waals surface area contributed by atoms with Crippen LogP contribution < -0.4 is 15.7 Å². The number of rotatable bonds is 3. The average molecular weight is 957 g/mol. The van der Waals surface area contributed by atoms with Crippen LogP contribution in [0.5, 0.6) is 0 Å². The van der Waals surface area contributed by atoms with E-state index in [1.165, 1.54) is 55.0 Å². The van der Waals surface area contributed by atoms with E-state index in [9.17, 15) is 0 Å². The fourth-order valence-corrected chi connectivity index (χ4v) is 13.7. The molecule has 5 nitrogen and oxygen atoms in total. The minimum atomic E-state index is -0.287. The van der Waals surface area contributed by atoms with Gasteiger partial charge in [0.25, 0.3) is 0 Å². The third kappa shape index (κ3) is 5.55. The Bertz CT molecular complexity index is 4580. The van der Waals surface area contributed by atoms with Crippen molar-refractivity contribution in [1.29, 1.82) is 0 Å². The molecule has 0 spiro atoms. The Balaban J connectivity index is 1.15. The van der Waals surface area contributed by atoms with Crippen molar-refractivity contribution in [3.05, 3.63) is 187 Å². The Hall–Kier alpha value is -8.22. The smallest absolute Gasteiger partial charge is 0.333 e. The minimum absolute atomic E-state index is 0.00956. The Morgan fingerprint density at radius 1 is 0.500 bits per heavy atom. The summed E-state index contributed by atoms with van der Waals surface area (Å²) in [6.07, 6.45) is 2.24. The van der Waals surface area contributed by atoms with Crippen LogP contribution in [-0.2, 0) is 16.2 Å². The van der Waals surface area contributed by atoms with E-state index < -0.39 is 0 Å². The standard InChI is InChI=1S/C68H53BN2O3/c1-66(2,3)40-26-28-41(29-27-40)71-52-37-57-44(42-22-14-16-24-54(42)72-57)32-45(52)59-60-43-23-15-17-25-55(43)73-65(60)61-46-33-48-49(68(6,7)31-30-67(48,4)5)35-51(46)70-53-34-47-56(36-50(53)69(71)62(59)63(61)70)74-64(39-20-12-9-13-21-39)58(47)38-18-10-8-11-19-38/h8-29,32-37H,30-31H2,1-7H3. The van der Waals surface area contributed by atoms with Crippen LogP contribution in [0.15, 0.2) is 183 Å². The molecule has 6 heterocycles. The number of hydrogen-bond donors (Lipinski definition) is 0. The van der Waals surface area contributed by atoms with E-state index >= 15 is 0 Å². The zero-order chi connectivity index (χ0) is 49.7. The molecular formula is C68H53BN2O3. The Morgan fingerprint density at radius 2 is 1.14 bits per heavy atom. The second-order valence-electron chi connectivity index (χ2n) is 23.8. The molecule has 0 atom stereocenters. The van der Waals surface area contributed by atoms with E-state index in [0.29, 0.717) is 0 Å². The molecule has 0 radical (unpaired) electrons. The number of furan rings is 3. The second kappa shape index (κ2) is 14.3. The molecule has 2 aliphatic heterocycles. The van der Waals surface area contributed by atoms with Crippen molar-refractivity contribution in [2.45, 2.75) is 77.6 Å². The number of nitrogens with zero attached hydrogens (tertiary/aromatic N) is 2. The highest BCUT2D eigenvalue weighted by molar-refractivity contribution is 6.94. The minimum Gasteiger partial charge on any atom is -0.456 e. The number of anilines is 2. The van der Waals surface area contributed by atoms with Crippen LogP contribution in [0.4, 0.5) is 11.4 Å². The molecule has 6 heteroatoms. The maximum Gasteiger partial charge on any atom is 0.333 e. The molecular weight excluding hydrogens is 904 g/mol. The Morgan fingerprint density at radius 3 is 1.85 bits per heavy atom. The summed E-state index contributed by atoms with van der Waals surface area (Å²) in [5.41, 5.74) is 22.4. The highest BCUT2D eigenvalue weighted by Crippen LogP contribution is 2.55. The highest BCUT2D eigenvalue weighted by Gasteiger charge is 2.48. The topological polar surface area (TPSA) is 47.6 Å². The van der Waals surface area contributed by atoms with Gasteiger partial charge in [-0.2, -0.15) is 0 Å². The fourth-order valence-electron chi connectivity index (χ4n) is 13.7. The summed E-state index contributed by atoms with van der Waals surface area (Å²) in [6.45, 7) is 16.4. The number of fused-ring (bicyclic) bond motifs is 18. The number of hydrogen-bond acceptors (Lipinski definition) is 4. The van der Waals surface area contributed by atoms with Crippen molar-refractivity contribution < 1.29 is 13.3 Å². The molecule has 1 aliphatic carbocycles. The van der Waals surface area contributed by atoms with Crippen LogP contribution in [0.3, 0.4) is 0 Å². The molecule has 356 valence electrons. The molecule has 0 saturated heterocycles. The van der Waals surface area contributed by atoms with Crippen molar-refractivity contribution in [1.82, 2.24) is 4.57 Å².